The summed E-state index contributed by atoms with van der Waals surface area (Å²) in [6, 6.07) is 11.9. The SMILES string of the molecule is COc1ccc2c(c1)[nH]c(=S)n2-c1ccc(F)cc1. The fraction of sp³-hybridized carbons (Fsp3) is 0.0714. The van der Waals surface area contributed by atoms with E-state index in [-0.39, 0.29) is 5.82 Å². The maximum Gasteiger partial charge on any atom is 0.182 e. The Balaban J connectivity index is 2.26. The van der Waals surface area contributed by atoms with Gasteiger partial charge in [0.15, 0.2) is 4.77 Å². The Hall–Kier alpha value is -2.14. The van der Waals surface area contributed by atoms with Gasteiger partial charge in [-0.1, -0.05) is 0 Å². The van der Waals surface area contributed by atoms with E-state index in [1.807, 2.05) is 22.8 Å². The maximum atomic E-state index is 13.0. The van der Waals surface area contributed by atoms with E-state index < -0.39 is 0 Å². The molecule has 1 aromatic heterocycles. The summed E-state index contributed by atoms with van der Waals surface area (Å²) in [5.41, 5.74) is 2.63. The number of nitrogens with zero attached hydrogens (tertiary/aromatic N) is 1. The molecule has 5 heteroatoms. The van der Waals surface area contributed by atoms with Crippen LogP contribution >= 0.6 is 12.2 Å². The van der Waals surface area contributed by atoms with Crippen LogP contribution in [0, 0.1) is 10.6 Å². The van der Waals surface area contributed by atoms with Gasteiger partial charge in [-0.15, -0.1) is 0 Å². The monoisotopic (exact) mass is 274 g/mol. The normalized spacial score (nSPS) is 10.8. The van der Waals surface area contributed by atoms with E-state index in [2.05, 4.69) is 4.98 Å². The van der Waals surface area contributed by atoms with Crippen molar-refractivity contribution >= 4 is 23.3 Å². The molecular formula is C14H11FN2OS. The lowest BCUT2D eigenvalue weighted by Gasteiger charge is -2.05. The average molecular weight is 274 g/mol. The number of rotatable bonds is 2. The molecule has 0 fully saturated rings. The second kappa shape index (κ2) is 4.51. The third kappa shape index (κ3) is 2.02. The van der Waals surface area contributed by atoms with Crippen LogP contribution in [0.2, 0.25) is 0 Å². The van der Waals surface area contributed by atoms with Gasteiger partial charge in [0.2, 0.25) is 0 Å². The van der Waals surface area contributed by atoms with Crippen LogP contribution in [0.25, 0.3) is 16.7 Å². The first-order valence-corrected chi connectivity index (χ1v) is 6.14. The Bertz CT molecular complexity index is 789. The van der Waals surface area contributed by atoms with Crippen LogP contribution in [0.1, 0.15) is 0 Å². The summed E-state index contributed by atoms with van der Waals surface area (Å²) in [5, 5.41) is 0. The quantitative estimate of drug-likeness (QED) is 0.720. The highest BCUT2D eigenvalue weighted by molar-refractivity contribution is 7.71. The molecule has 19 heavy (non-hydrogen) atoms. The van der Waals surface area contributed by atoms with Crippen LogP contribution in [-0.4, -0.2) is 16.7 Å². The Kier molecular flexibility index (Phi) is 2.83. The Morgan fingerprint density at radius 1 is 1.16 bits per heavy atom. The highest BCUT2D eigenvalue weighted by Gasteiger charge is 2.07. The summed E-state index contributed by atoms with van der Waals surface area (Å²) in [6.07, 6.45) is 0. The standard InChI is InChI=1S/C14H11FN2OS/c1-18-11-6-7-13-12(8-11)16-14(19)17(13)10-4-2-9(15)3-5-10/h2-8H,1H3,(H,16,19). The zero-order valence-corrected chi connectivity index (χ0v) is 11.0. The second-order valence-electron chi connectivity index (χ2n) is 4.13. The van der Waals surface area contributed by atoms with Gasteiger partial charge in [-0.2, -0.15) is 0 Å². The van der Waals surface area contributed by atoms with Gasteiger partial charge < -0.3 is 9.72 Å². The summed E-state index contributed by atoms with van der Waals surface area (Å²) < 4.78 is 20.6. The molecule has 1 heterocycles. The number of aromatic nitrogens is 2. The van der Waals surface area contributed by atoms with Crippen molar-refractivity contribution in [2.24, 2.45) is 0 Å². The van der Waals surface area contributed by atoms with Crippen molar-refractivity contribution in [3.05, 3.63) is 53.1 Å². The van der Waals surface area contributed by atoms with Crippen molar-refractivity contribution in [1.29, 1.82) is 0 Å². The van der Waals surface area contributed by atoms with Gasteiger partial charge in [-0.05, 0) is 48.6 Å². The molecule has 2 aromatic carbocycles. The smallest absolute Gasteiger partial charge is 0.182 e. The fourth-order valence-electron chi connectivity index (χ4n) is 2.06. The van der Waals surface area contributed by atoms with Gasteiger partial charge in [0.25, 0.3) is 0 Å². The molecule has 0 aliphatic rings. The Morgan fingerprint density at radius 2 is 1.89 bits per heavy atom. The molecule has 0 aliphatic carbocycles. The van der Waals surface area contributed by atoms with E-state index >= 15 is 0 Å². The van der Waals surface area contributed by atoms with E-state index in [1.165, 1.54) is 12.1 Å². The first kappa shape index (κ1) is 11.9. The molecule has 0 atom stereocenters. The number of benzene rings is 2. The minimum absolute atomic E-state index is 0.267. The number of fused-ring (bicyclic) bond motifs is 1. The number of nitrogens with one attached hydrogen (secondary N) is 1. The molecule has 0 aliphatic heterocycles. The van der Waals surface area contributed by atoms with Crippen LogP contribution in [0.15, 0.2) is 42.5 Å². The number of hydrogen-bond donors (Lipinski definition) is 1. The summed E-state index contributed by atoms with van der Waals surface area (Å²) >= 11 is 5.32. The first-order valence-electron chi connectivity index (χ1n) is 5.74. The molecule has 3 rings (SSSR count). The third-order valence-electron chi connectivity index (χ3n) is 2.97. The minimum Gasteiger partial charge on any atom is -0.497 e. The zero-order chi connectivity index (χ0) is 13.4. The van der Waals surface area contributed by atoms with Crippen molar-refractivity contribution in [3.8, 4) is 11.4 Å². The van der Waals surface area contributed by atoms with E-state index in [0.29, 0.717) is 4.77 Å². The molecule has 0 spiro atoms. The minimum atomic E-state index is -0.267. The number of imidazole rings is 1. The number of aromatic amines is 1. The number of H-pyrrole nitrogens is 1. The lowest BCUT2D eigenvalue weighted by atomic mass is 10.2. The molecule has 3 nitrogen and oxygen atoms in total. The predicted octanol–water partition coefficient (Wildman–Crippen LogP) is 3.84. The van der Waals surface area contributed by atoms with Crippen molar-refractivity contribution in [2.45, 2.75) is 0 Å². The third-order valence-corrected chi connectivity index (χ3v) is 3.26. The predicted molar refractivity (Wildman–Crippen MR) is 75.0 cm³/mol. The van der Waals surface area contributed by atoms with Crippen molar-refractivity contribution in [2.75, 3.05) is 7.11 Å². The molecule has 0 saturated heterocycles. The van der Waals surface area contributed by atoms with Gasteiger partial charge >= 0.3 is 0 Å². The lowest BCUT2D eigenvalue weighted by Crippen LogP contribution is -1.93. The molecule has 0 unspecified atom stereocenters. The molecule has 1 N–H and O–H groups in total. The van der Waals surface area contributed by atoms with E-state index in [4.69, 9.17) is 17.0 Å². The number of ether oxygens (including phenoxy) is 1. The number of halogens is 1. The topological polar surface area (TPSA) is 29.9 Å². The summed E-state index contributed by atoms with van der Waals surface area (Å²) in [7, 11) is 1.62. The van der Waals surface area contributed by atoms with Crippen LogP contribution in [0.4, 0.5) is 4.39 Å². The first-order chi connectivity index (χ1) is 9.19. The lowest BCUT2D eigenvalue weighted by molar-refractivity contribution is 0.415. The average Bonchev–Trinajstić information content (AvgIpc) is 2.74. The number of methoxy groups -OCH3 is 1. The van der Waals surface area contributed by atoms with Gasteiger partial charge in [-0.25, -0.2) is 4.39 Å². The molecule has 96 valence electrons. The van der Waals surface area contributed by atoms with Crippen LogP contribution in [0.5, 0.6) is 5.75 Å². The highest BCUT2D eigenvalue weighted by atomic mass is 32.1. The van der Waals surface area contributed by atoms with Crippen molar-refractivity contribution in [1.82, 2.24) is 9.55 Å². The van der Waals surface area contributed by atoms with Crippen molar-refractivity contribution in [3.63, 3.8) is 0 Å². The highest BCUT2D eigenvalue weighted by Crippen LogP contribution is 2.23. The summed E-state index contributed by atoms with van der Waals surface area (Å²) in [6.45, 7) is 0. The summed E-state index contributed by atoms with van der Waals surface area (Å²) in [5.74, 6) is 0.492. The van der Waals surface area contributed by atoms with Gasteiger partial charge in [-0.3, -0.25) is 4.57 Å². The van der Waals surface area contributed by atoms with Crippen molar-refractivity contribution < 1.29 is 9.13 Å². The number of hydrogen-bond acceptors (Lipinski definition) is 2. The zero-order valence-electron chi connectivity index (χ0n) is 10.2. The molecule has 0 radical (unpaired) electrons. The molecule has 0 bridgehead atoms. The Morgan fingerprint density at radius 3 is 2.58 bits per heavy atom. The van der Waals surface area contributed by atoms with Crippen LogP contribution < -0.4 is 4.74 Å². The largest absolute Gasteiger partial charge is 0.497 e. The van der Waals surface area contributed by atoms with E-state index in [9.17, 15) is 4.39 Å². The molecular weight excluding hydrogens is 263 g/mol. The Labute approximate surface area is 114 Å². The molecule has 0 amide bonds. The van der Waals surface area contributed by atoms with E-state index in [1.54, 1.807) is 19.2 Å². The van der Waals surface area contributed by atoms with Gasteiger partial charge in [0.1, 0.15) is 11.6 Å². The molecule has 3 aromatic rings. The maximum absolute atomic E-state index is 13.0. The van der Waals surface area contributed by atoms with Crippen LogP contribution in [0.3, 0.4) is 0 Å². The van der Waals surface area contributed by atoms with Gasteiger partial charge in [0.05, 0.1) is 18.1 Å². The second-order valence-corrected chi connectivity index (χ2v) is 4.51. The van der Waals surface area contributed by atoms with E-state index in [0.717, 1.165) is 22.5 Å². The fourth-order valence-corrected chi connectivity index (χ4v) is 2.38. The molecule has 0 saturated carbocycles. The van der Waals surface area contributed by atoms with Gasteiger partial charge in [0, 0.05) is 11.8 Å². The summed E-state index contributed by atoms with van der Waals surface area (Å²) in [4.78, 5) is 3.12. The van der Waals surface area contributed by atoms with Crippen LogP contribution in [-0.2, 0) is 0 Å².